The molecule has 25 heavy (non-hydrogen) atoms. The summed E-state index contributed by atoms with van der Waals surface area (Å²) in [7, 11) is 0. The Morgan fingerprint density at radius 3 is 2.32 bits per heavy atom. The van der Waals surface area contributed by atoms with Gasteiger partial charge in [-0.3, -0.25) is 9.69 Å². The third-order valence-corrected chi connectivity index (χ3v) is 5.39. The number of carbonyl (C=O) groups excluding carboxylic acids is 1. The van der Waals surface area contributed by atoms with Crippen LogP contribution in [0, 0.1) is 11.7 Å². The number of Topliss-reactive ketones (excluding diaryl/α,β-unsaturated/α-hetero) is 1. The summed E-state index contributed by atoms with van der Waals surface area (Å²) in [5.74, 6) is -0.599. The number of nitrogens with zero attached hydrogens (tertiary/aromatic N) is 1. The van der Waals surface area contributed by atoms with Gasteiger partial charge >= 0.3 is 0 Å². The van der Waals surface area contributed by atoms with Crippen molar-refractivity contribution >= 4 is 5.78 Å². The summed E-state index contributed by atoms with van der Waals surface area (Å²) in [4.78, 5) is 15.3. The summed E-state index contributed by atoms with van der Waals surface area (Å²) >= 11 is 0. The molecule has 0 radical (unpaired) electrons. The average molecular weight is 339 g/mol. The largest absolute Gasteiger partial charge is 0.378 e. The minimum Gasteiger partial charge on any atom is -0.378 e. The molecule has 2 heterocycles. The molecule has 130 valence electrons. The maximum atomic E-state index is 14.0. The van der Waals surface area contributed by atoms with Crippen molar-refractivity contribution in [3.05, 3.63) is 71.5 Å². The Hall–Kier alpha value is -2.04. The minimum atomic E-state index is -0.416. The summed E-state index contributed by atoms with van der Waals surface area (Å²) < 4.78 is 19.7. The van der Waals surface area contributed by atoms with E-state index in [0.717, 1.165) is 19.4 Å². The van der Waals surface area contributed by atoms with Crippen molar-refractivity contribution in [3.63, 3.8) is 0 Å². The molecular formula is C21H22FNO2. The highest BCUT2D eigenvalue weighted by Crippen LogP contribution is 2.34. The molecule has 2 saturated heterocycles. The lowest BCUT2D eigenvalue weighted by molar-refractivity contribution is -0.0873. The molecule has 2 unspecified atom stereocenters. The number of halogens is 1. The molecule has 2 atom stereocenters. The van der Waals surface area contributed by atoms with Gasteiger partial charge in [0.1, 0.15) is 5.82 Å². The standard InChI is InChI=1S/C21H22FNO2/c22-20-9-5-4-8-19(20)21(24)16-10-17-13-25-14-18(11-16)23(17)12-15-6-2-1-3-7-15/h1-9,16-18H,10-14H2. The van der Waals surface area contributed by atoms with Gasteiger partial charge in [-0.15, -0.1) is 0 Å². The number of ketones is 1. The molecule has 4 heteroatoms. The van der Waals surface area contributed by atoms with Crippen LogP contribution in [-0.4, -0.2) is 36.0 Å². The van der Waals surface area contributed by atoms with Crippen LogP contribution in [0.5, 0.6) is 0 Å². The van der Waals surface area contributed by atoms with E-state index in [1.165, 1.54) is 11.6 Å². The maximum absolute atomic E-state index is 14.0. The van der Waals surface area contributed by atoms with Gasteiger partial charge in [0.2, 0.25) is 0 Å². The van der Waals surface area contributed by atoms with Crippen LogP contribution in [0.25, 0.3) is 0 Å². The van der Waals surface area contributed by atoms with Crippen molar-refractivity contribution in [2.24, 2.45) is 5.92 Å². The molecule has 0 aliphatic carbocycles. The zero-order valence-electron chi connectivity index (χ0n) is 14.1. The number of rotatable bonds is 4. The molecule has 2 aliphatic heterocycles. The third-order valence-electron chi connectivity index (χ3n) is 5.39. The van der Waals surface area contributed by atoms with E-state index in [4.69, 9.17) is 4.74 Å². The number of piperidine rings is 1. The molecule has 2 fully saturated rings. The van der Waals surface area contributed by atoms with Gasteiger partial charge in [0.25, 0.3) is 0 Å². The van der Waals surface area contributed by atoms with Crippen LogP contribution in [0.15, 0.2) is 54.6 Å². The van der Waals surface area contributed by atoms with Gasteiger partial charge in [0, 0.05) is 24.5 Å². The Morgan fingerprint density at radius 2 is 1.64 bits per heavy atom. The summed E-state index contributed by atoms with van der Waals surface area (Å²) in [6, 6.07) is 17.1. The van der Waals surface area contributed by atoms with Crippen LogP contribution in [0.3, 0.4) is 0 Å². The molecule has 0 amide bonds. The van der Waals surface area contributed by atoms with Crippen LogP contribution in [0.4, 0.5) is 4.39 Å². The molecule has 0 spiro atoms. The highest BCUT2D eigenvalue weighted by atomic mass is 19.1. The fourth-order valence-electron chi connectivity index (χ4n) is 4.14. The molecule has 3 nitrogen and oxygen atoms in total. The van der Waals surface area contributed by atoms with E-state index >= 15 is 0 Å². The summed E-state index contributed by atoms with van der Waals surface area (Å²) in [6.45, 7) is 2.16. The Morgan fingerprint density at radius 1 is 1.00 bits per heavy atom. The van der Waals surface area contributed by atoms with E-state index in [-0.39, 0.29) is 29.3 Å². The average Bonchev–Trinajstić information content (AvgIpc) is 2.62. The fraction of sp³-hybridized carbons (Fsp3) is 0.381. The molecule has 0 saturated carbocycles. The van der Waals surface area contributed by atoms with Crippen molar-refractivity contribution in [1.82, 2.24) is 4.90 Å². The second-order valence-corrected chi connectivity index (χ2v) is 7.02. The van der Waals surface area contributed by atoms with Gasteiger partial charge < -0.3 is 4.74 Å². The summed E-state index contributed by atoms with van der Waals surface area (Å²) in [6.07, 6.45) is 1.47. The van der Waals surface area contributed by atoms with Crippen molar-refractivity contribution in [2.75, 3.05) is 13.2 Å². The third kappa shape index (κ3) is 3.37. The maximum Gasteiger partial charge on any atom is 0.169 e. The van der Waals surface area contributed by atoms with Crippen LogP contribution >= 0.6 is 0 Å². The Bertz CT molecular complexity index is 735. The van der Waals surface area contributed by atoms with Crippen molar-refractivity contribution < 1.29 is 13.9 Å². The van der Waals surface area contributed by atoms with Gasteiger partial charge in [-0.1, -0.05) is 42.5 Å². The number of carbonyl (C=O) groups is 1. The topological polar surface area (TPSA) is 29.5 Å². The smallest absolute Gasteiger partial charge is 0.169 e. The number of fused-ring (bicyclic) bond motifs is 2. The second-order valence-electron chi connectivity index (χ2n) is 7.02. The quantitative estimate of drug-likeness (QED) is 0.796. The van der Waals surface area contributed by atoms with Crippen LogP contribution in [0.1, 0.15) is 28.8 Å². The number of benzene rings is 2. The number of hydrogen-bond donors (Lipinski definition) is 0. The summed E-state index contributed by atoms with van der Waals surface area (Å²) in [5.41, 5.74) is 1.50. The Kier molecular flexibility index (Phi) is 4.64. The predicted octanol–water partition coefficient (Wildman–Crippen LogP) is 3.69. The van der Waals surface area contributed by atoms with Crippen LogP contribution < -0.4 is 0 Å². The van der Waals surface area contributed by atoms with E-state index in [1.807, 2.05) is 6.07 Å². The molecule has 4 rings (SSSR count). The summed E-state index contributed by atoms with van der Waals surface area (Å²) in [5, 5.41) is 0. The highest BCUT2D eigenvalue weighted by molar-refractivity contribution is 5.98. The highest BCUT2D eigenvalue weighted by Gasteiger charge is 2.41. The first-order valence-electron chi connectivity index (χ1n) is 8.88. The number of ether oxygens (including phenoxy) is 1. The van der Waals surface area contributed by atoms with Gasteiger partial charge in [-0.05, 0) is 30.5 Å². The first-order valence-corrected chi connectivity index (χ1v) is 8.88. The Labute approximate surface area is 147 Å². The molecule has 2 bridgehead atoms. The first-order chi connectivity index (χ1) is 12.2. The van der Waals surface area contributed by atoms with Gasteiger partial charge in [-0.2, -0.15) is 0 Å². The molecule has 0 N–H and O–H groups in total. The lowest BCUT2D eigenvalue weighted by Crippen LogP contribution is -2.57. The van der Waals surface area contributed by atoms with E-state index in [2.05, 4.69) is 29.2 Å². The molecular weight excluding hydrogens is 317 g/mol. The van der Waals surface area contributed by atoms with Crippen molar-refractivity contribution in [2.45, 2.75) is 31.5 Å². The lowest BCUT2D eigenvalue weighted by Gasteiger charge is -2.48. The lowest BCUT2D eigenvalue weighted by atomic mass is 9.80. The molecule has 2 aromatic carbocycles. The van der Waals surface area contributed by atoms with Crippen molar-refractivity contribution in [3.8, 4) is 0 Å². The molecule has 2 aliphatic rings. The first kappa shape index (κ1) is 16.4. The van der Waals surface area contributed by atoms with Gasteiger partial charge in [0.15, 0.2) is 5.78 Å². The van der Waals surface area contributed by atoms with Crippen molar-refractivity contribution in [1.29, 1.82) is 0 Å². The second kappa shape index (κ2) is 7.06. The molecule has 0 aromatic heterocycles. The van der Waals surface area contributed by atoms with E-state index in [1.54, 1.807) is 18.2 Å². The SMILES string of the molecule is O=C(c1ccccc1F)C1CC2COCC(C1)N2Cc1ccccc1. The van der Waals surface area contributed by atoms with E-state index < -0.39 is 5.82 Å². The number of hydrogen-bond acceptors (Lipinski definition) is 3. The predicted molar refractivity (Wildman–Crippen MR) is 93.8 cm³/mol. The zero-order chi connectivity index (χ0) is 17.2. The van der Waals surface area contributed by atoms with E-state index in [9.17, 15) is 9.18 Å². The van der Waals surface area contributed by atoms with Crippen LogP contribution in [0.2, 0.25) is 0 Å². The fourth-order valence-corrected chi connectivity index (χ4v) is 4.14. The van der Waals surface area contributed by atoms with Crippen LogP contribution in [-0.2, 0) is 11.3 Å². The Balaban J connectivity index is 1.51. The zero-order valence-corrected chi connectivity index (χ0v) is 14.1. The van der Waals surface area contributed by atoms with Gasteiger partial charge in [-0.25, -0.2) is 4.39 Å². The normalized spacial score (nSPS) is 26.4. The van der Waals surface area contributed by atoms with E-state index in [0.29, 0.717) is 13.2 Å². The molecule has 2 aromatic rings. The monoisotopic (exact) mass is 339 g/mol. The van der Waals surface area contributed by atoms with Gasteiger partial charge in [0.05, 0.1) is 18.8 Å². The number of morpholine rings is 1. The minimum absolute atomic E-state index is 0.0608.